The van der Waals surface area contributed by atoms with Crippen molar-refractivity contribution in [1.82, 2.24) is 10.6 Å². The minimum absolute atomic E-state index is 0.301. The molecule has 0 saturated carbocycles. The fourth-order valence-electron chi connectivity index (χ4n) is 2.38. The highest BCUT2D eigenvalue weighted by Crippen LogP contribution is 2.21. The first-order chi connectivity index (χ1) is 13.5. The summed E-state index contributed by atoms with van der Waals surface area (Å²) in [5.74, 6) is -1.01. The van der Waals surface area contributed by atoms with Crippen molar-refractivity contribution >= 4 is 17.8 Å². The monoisotopic (exact) mass is 384 g/mol. The maximum absolute atomic E-state index is 11.7. The molecule has 2 amide bonds. The summed E-state index contributed by atoms with van der Waals surface area (Å²) in [5, 5.41) is 5.03. The van der Waals surface area contributed by atoms with Crippen LogP contribution in [-0.2, 0) is 19.1 Å². The molecular weight excluding hydrogens is 360 g/mol. The molecule has 148 valence electrons. The second-order valence-corrected chi connectivity index (χ2v) is 6.02. The van der Waals surface area contributed by atoms with Crippen molar-refractivity contribution in [1.29, 1.82) is 0 Å². The SMILES string of the molecule is CCNC(=O)[C@H](C)NC(=O)COC(=O)COc1ccc(-c2ccccc2)cc1. The third kappa shape index (κ3) is 6.75. The van der Waals surface area contributed by atoms with Crippen LogP contribution in [0, 0.1) is 0 Å². The minimum Gasteiger partial charge on any atom is -0.482 e. The van der Waals surface area contributed by atoms with E-state index in [-0.39, 0.29) is 12.5 Å². The van der Waals surface area contributed by atoms with Gasteiger partial charge in [-0.3, -0.25) is 9.59 Å². The van der Waals surface area contributed by atoms with Crippen LogP contribution in [-0.4, -0.2) is 43.6 Å². The number of likely N-dealkylation sites (N-methyl/N-ethyl adjacent to an activating group) is 1. The van der Waals surface area contributed by atoms with Crippen molar-refractivity contribution < 1.29 is 23.9 Å². The van der Waals surface area contributed by atoms with E-state index < -0.39 is 24.5 Å². The number of rotatable bonds is 9. The normalized spacial score (nSPS) is 11.2. The molecule has 2 rings (SSSR count). The second-order valence-electron chi connectivity index (χ2n) is 6.02. The van der Waals surface area contributed by atoms with Gasteiger partial charge in [-0.2, -0.15) is 0 Å². The number of amides is 2. The van der Waals surface area contributed by atoms with Crippen LogP contribution in [0.25, 0.3) is 11.1 Å². The Morgan fingerprint density at radius 3 is 2.21 bits per heavy atom. The number of carbonyl (C=O) groups excluding carboxylic acids is 3. The molecule has 2 aromatic rings. The largest absolute Gasteiger partial charge is 0.482 e. The Labute approximate surface area is 164 Å². The number of ether oxygens (including phenoxy) is 2. The van der Waals surface area contributed by atoms with Crippen molar-refractivity contribution in [3.05, 3.63) is 54.6 Å². The molecule has 2 N–H and O–H groups in total. The summed E-state index contributed by atoms with van der Waals surface area (Å²) < 4.78 is 10.2. The predicted molar refractivity (Wildman–Crippen MR) is 105 cm³/mol. The van der Waals surface area contributed by atoms with E-state index >= 15 is 0 Å². The lowest BCUT2D eigenvalue weighted by atomic mass is 10.1. The highest BCUT2D eigenvalue weighted by molar-refractivity contribution is 5.88. The molecule has 2 aromatic carbocycles. The van der Waals surface area contributed by atoms with E-state index in [4.69, 9.17) is 9.47 Å². The zero-order valence-corrected chi connectivity index (χ0v) is 15.9. The Morgan fingerprint density at radius 1 is 0.929 bits per heavy atom. The summed E-state index contributed by atoms with van der Waals surface area (Å²) in [5.41, 5.74) is 2.12. The Bertz CT molecular complexity index is 790. The van der Waals surface area contributed by atoms with E-state index in [1.54, 1.807) is 26.0 Å². The topological polar surface area (TPSA) is 93.7 Å². The molecule has 0 bridgehead atoms. The minimum atomic E-state index is -0.703. The van der Waals surface area contributed by atoms with Gasteiger partial charge in [0.15, 0.2) is 13.2 Å². The van der Waals surface area contributed by atoms with Gasteiger partial charge in [-0.1, -0.05) is 42.5 Å². The van der Waals surface area contributed by atoms with Gasteiger partial charge in [0, 0.05) is 6.54 Å². The zero-order chi connectivity index (χ0) is 20.4. The Hall–Kier alpha value is -3.35. The van der Waals surface area contributed by atoms with Gasteiger partial charge in [-0.25, -0.2) is 4.79 Å². The molecule has 0 aliphatic carbocycles. The average molecular weight is 384 g/mol. The molecule has 1 atom stereocenters. The molecule has 7 nitrogen and oxygen atoms in total. The summed E-state index contributed by atoms with van der Waals surface area (Å²) in [6.07, 6.45) is 0. The molecule has 0 aliphatic rings. The lowest BCUT2D eigenvalue weighted by Crippen LogP contribution is -2.46. The van der Waals surface area contributed by atoms with Crippen molar-refractivity contribution in [2.24, 2.45) is 0 Å². The van der Waals surface area contributed by atoms with Gasteiger partial charge in [0.2, 0.25) is 5.91 Å². The van der Waals surface area contributed by atoms with Gasteiger partial charge in [0.1, 0.15) is 11.8 Å². The molecule has 0 spiro atoms. The first-order valence-corrected chi connectivity index (χ1v) is 9.00. The number of benzene rings is 2. The van der Waals surface area contributed by atoms with E-state index in [0.717, 1.165) is 11.1 Å². The Balaban J connectivity index is 1.72. The summed E-state index contributed by atoms with van der Waals surface area (Å²) in [7, 11) is 0. The van der Waals surface area contributed by atoms with Crippen LogP contribution in [0.4, 0.5) is 0 Å². The third-order valence-corrected chi connectivity index (χ3v) is 3.80. The summed E-state index contributed by atoms with van der Waals surface area (Å²) >= 11 is 0. The van der Waals surface area contributed by atoms with Crippen LogP contribution < -0.4 is 15.4 Å². The van der Waals surface area contributed by atoms with E-state index in [1.165, 1.54) is 0 Å². The van der Waals surface area contributed by atoms with Crippen molar-refractivity contribution in [2.75, 3.05) is 19.8 Å². The summed E-state index contributed by atoms with van der Waals surface area (Å²) in [6, 6.07) is 16.5. The summed E-state index contributed by atoms with van der Waals surface area (Å²) in [4.78, 5) is 35.0. The highest BCUT2D eigenvalue weighted by Gasteiger charge is 2.16. The first-order valence-electron chi connectivity index (χ1n) is 9.00. The molecule has 0 aromatic heterocycles. The van der Waals surface area contributed by atoms with Crippen LogP contribution in [0.3, 0.4) is 0 Å². The Morgan fingerprint density at radius 2 is 1.57 bits per heavy atom. The quantitative estimate of drug-likeness (QED) is 0.644. The van der Waals surface area contributed by atoms with Crippen LogP contribution in [0.2, 0.25) is 0 Å². The smallest absolute Gasteiger partial charge is 0.344 e. The van der Waals surface area contributed by atoms with Gasteiger partial charge >= 0.3 is 5.97 Å². The number of carbonyl (C=O) groups is 3. The molecule has 0 aliphatic heterocycles. The lowest BCUT2D eigenvalue weighted by Gasteiger charge is -2.13. The van der Waals surface area contributed by atoms with Gasteiger partial charge in [-0.15, -0.1) is 0 Å². The number of hydrogen-bond acceptors (Lipinski definition) is 5. The van der Waals surface area contributed by atoms with E-state index in [9.17, 15) is 14.4 Å². The fraction of sp³-hybridized carbons (Fsp3) is 0.286. The van der Waals surface area contributed by atoms with Gasteiger partial charge in [-0.05, 0) is 37.1 Å². The standard InChI is InChI=1S/C21H24N2O5/c1-3-22-21(26)15(2)23-19(24)13-28-20(25)14-27-18-11-9-17(10-12-18)16-7-5-4-6-8-16/h4-12,15H,3,13-14H2,1-2H3,(H,22,26)(H,23,24)/t15-/m0/s1. The van der Waals surface area contributed by atoms with Crippen molar-refractivity contribution in [3.63, 3.8) is 0 Å². The first kappa shape index (κ1) is 21.0. The lowest BCUT2D eigenvalue weighted by molar-refractivity contribution is -0.150. The van der Waals surface area contributed by atoms with Crippen LogP contribution in [0.15, 0.2) is 54.6 Å². The van der Waals surface area contributed by atoms with Gasteiger partial charge in [0.25, 0.3) is 5.91 Å². The molecular formula is C21H24N2O5. The van der Waals surface area contributed by atoms with Crippen molar-refractivity contribution in [2.45, 2.75) is 19.9 Å². The third-order valence-electron chi connectivity index (χ3n) is 3.80. The highest BCUT2D eigenvalue weighted by atomic mass is 16.6. The molecule has 0 saturated heterocycles. The fourth-order valence-corrected chi connectivity index (χ4v) is 2.38. The van der Waals surface area contributed by atoms with Gasteiger partial charge < -0.3 is 20.1 Å². The van der Waals surface area contributed by atoms with Crippen LogP contribution in [0.5, 0.6) is 5.75 Å². The Kier molecular flexibility index (Phi) is 8.02. The number of esters is 1. The molecule has 0 unspecified atom stereocenters. The maximum atomic E-state index is 11.7. The van der Waals surface area contributed by atoms with E-state index in [1.807, 2.05) is 42.5 Å². The molecule has 7 heteroatoms. The molecule has 0 radical (unpaired) electrons. The second kappa shape index (κ2) is 10.7. The van der Waals surface area contributed by atoms with Crippen LogP contribution >= 0.6 is 0 Å². The molecule has 0 heterocycles. The maximum Gasteiger partial charge on any atom is 0.344 e. The van der Waals surface area contributed by atoms with Crippen LogP contribution in [0.1, 0.15) is 13.8 Å². The zero-order valence-electron chi connectivity index (χ0n) is 15.9. The summed E-state index contributed by atoms with van der Waals surface area (Å²) in [6.45, 7) is 3.01. The number of nitrogens with one attached hydrogen (secondary N) is 2. The van der Waals surface area contributed by atoms with E-state index in [2.05, 4.69) is 10.6 Å². The van der Waals surface area contributed by atoms with Gasteiger partial charge in [0.05, 0.1) is 0 Å². The molecule has 28 heavy (non-hydrogen) atoms. The molecule has 0 fully saturated rings. The average Bonchev–Trinajstić information content (AvgIpc) is 2.72. The van der Waals surface area contributed by atoms with Crippen molar-refractivity contribution in [3.8, 4) is 16.9 Å². The van der Waals surface area contributed by atoms with E-state index in [0.29, 0.717) is 12.3 Å². The predicted octanol–water partition coefficient (Wildman–Crippen LogP) is 1.92. The number of hydrogen-bond donors (Lipinski definition) is 2.